The van der Waals surface area contributed by atoms with Crippen LogP contribution in [-0.2, 0) is 4.79 Å². The van der Waals surface area contributed by atoms with Crippen molar-refractivity contribution in [3.8, 4) is 0 Å². The van der Waals surface area contributed by atoms with Gasteiger partial charge in [0.25, 0.3) is 0 Å². The second kappa shape index (κ2) is 10.7. The van der Waals surface area contributed by atoms with Gasteiger partial charge in [0.05, 0.1) is 19.1 Å². The zero-order chi connectivity index (χ0) is 22.3. The second-order valence-electron chi connectivity index (χ2n) is 8.05. The third-order valence-corrected chi connectivity index (χ3v) is 6.18. The molecule has 6 nitrogen and oxygen atoms in total. The van der Waals surface area contributed by atoms with Gasteiger partial charge in [-0.15, -0.1) is 0 Å². The van der Waals surface area contributed by atoms with Crippen molar-refractivity contribution < 1.29 is 9.90 Å². The number of anilines is 2. The van der Waals surface area contributed by atoms with Crippen LogP contribution in [0.3, 0.4) is 0 Å². The Morgan fingerprint density at radius 3 is 2.25 bits per heavy atom. The van der Waals surface area contributed by atoms with Gasteiger partial charge >= 0.3 is 0 Å². The third-order valence-electron chi connectivity index (χ3n) is 5.93. The zero-order valence-electron chi connectivity index (χ0n) is 18.0. The van der Waals surface area contributed by atoms with E-state index in [-0.39, 0.29) is 18.6 Å². The normalized spacial score (nSPS) is 15.5. The Morgan fingerprint density at radius 1 is 0.969 bits per heavy atom. The van der Waals surface area contributed by atoms with E-state index in [1.807, 2.05) is 65.5 Å². The predicted molar refractivity (Wildman–Crippen MR) is 129 cm³/mol. The summed E-state index contributed by atoms with van der Waals surface area (Å²) in [5, 5.41) is 12.8. The van der Waals surface area contributed by atoms with E-state index in [2.05, 4.69) is 27.2 Å². The number of hydrogen-bond donors (Lipinski definition) is 2. The number of β-amino-alcohol motifs (C(OH)–C–C–N with tert-alkyl or cyclic N) is 1. The summed E-state index contributed by atoms with van der Waals surface area (Å²) >= 11 is 6.04. The minimum absolute atomic E-state index is 0.0379. The number of nitrogens with zero attached hydrogens (tertiary/aromatic N) is 3. The number of aromatic nitrogens is 1. The number of rotatable bonds is 8. The summed E-state index contributed by atoms with van der Waals surface area (Å²) in [6.45, 7) is 4.71. The quantitative estimate of drug-likeness (QED) is 0.544. The summed E-state index contributed by atoms with van der Waals surface area (Å²) in [6, 6.07) is 19.5. The largest absolute Gasteiger partial charge is 0.395 e. The molecule has 7 heteroatoms. The van der Waals surface area contributed by atoms with Crippen LogP contribution in [-0.4, -0.2) is 59.8 Å². The number of halogens is 1. The molecule has 1 aliphatic heterocycles. The number of aliphatic hydroxyl groups excluding tert-OH is 1. The van der Waals surface area contributed by atoms with Gasteiger partial charge in [-0.3, -0.25) is 9.69 Å². The Kier molecular flexibility index (Phi) is 7.47. The van der Waals surface area contributed by atoms with Crippen molar-refractivity contribution in [2.45, 2.75) is 12.5 Å². The van der Waals surface area contributed by atoms with Crippen molar-refractivity contribution in [1.82, 2.24) is 9.47 Å². The Bertz CT molecular complexity index is 982. The summed E-state index contributed by atoms with van der Waals surface area (Å²) in [7, 11) is 0. The van der Waals surface area contributed by atoms with Crippen molar-refractivity contribution in [2.75, 3.05) is 49.5 Å². The summed E-state index contributed by atoms with van der Waals surface area (Å²) in [5.74, 6) is -0.0379. The molecule has 0 spiro atoms. The first kappa shape index (κ1) is 22.4. The van der Waals surface area contributed by atoms with Gasteiger partial charge in [-0.2, -0.15) is 0 Å². The molecule has 1 aromatic heterocycles. The smallest absolute Gasteiger partial charge is 0.226 e. The molecule has 2 N–H and O–H groups in total. The summed E-state index contributed by atoms with van der Waals surface area (Å²) < 4.78 is 2.04. The van der Waals surface area contributed by atoms with Crippen LogP contribution in [0, 0.1) is 0 Å². The van der Waals surface area contributed by atoms with E-state index >= 15 is 0 Å². The van der Waals surface area contributed by atoms with Crippen LogP contribution in [0.4, 0.5) is 11.4 Å². The van der Waals surface area contributed by atoms with Crippen LogP contribution in [0.1, 0.15) is 18.0 Å². The molecule has 3 aromatic rings. The monoisotopic (exact) mass is 452 g/mol. The minimum atomic E-state index is -0.100. The number of nitrogens with one attached hydrogen (secondary N) is 1. The number of aliphatic hydroxyl groups is 1. The van der Waals surface area contributed by atoms with Crippen LogP contribution in [0.25, 0.3) is 0 Å². The highest BCUT2D eigenvalue weighted by molar-refractivity contribution is 6.30. The molecule has 1 atom stereocenters. The molecule has 0 aliphatic carbocycles. The highest BCUT2D eigenvalue weighted by Crippen LogP contribution is 2.25. The lowest BCUT2D eigenvalue weighted by Gasteiger charge is -2.35. The molecule has 0 unspecified atom stereocenters. The molecule has 32 heavy (non-hydrogen) atoms. The van der Waals surface area contributed by atoms with E-state index in [1.165, 1.54) is 0 Å². The van der Waals surface area contributed by atoms with Crippen molar-refractivity contribution >= 4 is 28.9 Å². The van der Waals surface area contributed by atoms with E-state index in [9.17, 15) is 4.79 Å². The number of hydrogen-bond acceptors (Lipinski definition) is 4. The second-order valence-corrected chi connectivity index (χ2v) is 8.49. The summed E-state index contributed by atoms with van der Waals surface area (Å²) in [5.41, 5.74) is 2.98. The Hall–Kier alpha value is -2.80. The first-order valence-electron chi connectivity index (χ1n) is 11.0. The molecular formula is C25H29ClN4O2. The molecule has 0 bridgehead atoms. The van der Waals surface area contributed by atoms with Gasteiger partial charge in [0.15, 0.2) is 0 Å². The molecule has 0 saturated carbocycles. The Balaban J connectivity index is 1.37. The van der Waals surface area contributed by atoms with Gasteiger partial charge in [0.2, 0.25) is 5.91 Å². The highest BCUT2D eigenvalue weighted by Gasteiger charge is 2.19. The lowest BCUT2D eigenvalue weighted by molar-refractivity contribution is -0.116. The lowest BCUT2D eigenvalue weighted by Crippen LogP contribution is -2.47. The lowest BCUT2D eigenvalue weighted by atomic mass is 10.0. The summed E-state index contributed by atoms with van der Waals surface area (Å²) in [6.07, 6.45) is 4.27. The van der Waals surface area contributed by atoms with Crippen molar-refractivity contribution in [1.29, 1.82) is 0 Å². The van der Waals surface area contributed by atoms with E-state index in [4.69, 9.17) is 16.7 Å². The molecule has 0 radical (unpaired) electrons. The van der Waals surface area contributed by atoms with Crippen LogP contribution < -0.4 is 10.2 Å². The van der Waals surface area contributed by atoms with Gasteiger partial charge < -0.3 is 19.9 Å². The third kappa shape index (κ3) is 5.71. The number of amides is 1. The maximum Gasteiger partial charge on any atom is 0.226 e. The first-order chi connectivity index (χ1) is 15.6. The van der Waals surface area contributed by atoms with Gasteiger partial charge in [-0.25, -0.2) is 0 Å². The first-order valence-corrected chi connectivity index (χ1v) is 11.4. The molecule has 1 aliphatic rings. The topological polar surface area (TPSA) is 60.7 Å². The standard InChI is InChI=1S/C25H29ClN4O2/c26-21-5-3-20(4-6-21)24(30-11-1-2-12-30)19-25(32)27-22-7-9-23(10-8-22)29-15-13-28(14-16-29)17-18-31/h1-12,24,31H,13-19H2,(H,27,32)/t24-/m0/s1. The number of benzene rings is 2. The minimum Gasteiger partial charge on any atom is -0.395 e. The molecule has 2 aromatic carbocycles. The van der Waals surface area contributed by atoms with E-state index in [0.29, 0.717) is 11.4 Å². The van der Waals surface area contributed by atoms with Crippen molar-refractivity contribution in [2.24, 2.45) is 0 Å². The van der Waals surface area contributed by atoms with E-state index in [0.717, 1.165) is 49.7 Å². The Morgan fingerprint density at radius 2 is 1.62 bits per heavy atom. The van der Waals surface area contributed by atoms with Crippen molar-refractivity contribution in [3.63, 3.8) is 0 Å². The number of carbonyl (C=O) groups excluding carboxylic acids is 1. The van der Waals surface area contributed by atoms with E-state index in [1.54, 1.807) is 0 Å². The summed E-state index contributed by atoms with van der Waals surface area (Å²) in [4.78, 5) is 17.5. The van der Waals surface area contributed by atoms with Crippen LogP contribution in [0.5, 0.6) is 0 Å². The number of piperazine rings is 1. The molecule has 1 fully saturated rings. The molecule has 4 rings (SSSR count). The molecule has 1 saturated heterocycles. The fourth-order valence-electron chi connectivity index (χ4n) is 4.15. The zero-order valence-corrected chi connectivity index (χ0v) is 18.8. The molecule has 2 heterocycles. The Labute approximate surface area is 194 Å². The van der Waals surface area contributed by atoms with Crippen LogP contribution in [0.2, 0.25) is 5.02 Å². The van der Waals surface area contributed by atoms with Gasteiger partial charge in [0, 0.05) is 61.5 Å². The fraction of sp³-hybridized carbons (Fsp3) is 0.320. The number of carbonyl (C=O) groups is 1. The maximum atomic E-state index is 12.9. The SMILES string of the molecule is O=C(C[C@@H](c1ccc(Cl)cc1)n1cccc1)Nc1ccc(N2CCN(CCO)CC2)cc1. The van der Waals surface area contributed by atoms with Gasteiger partial charge in [-0.05, 0) is 54.1 Å². The van der Waals surface area contributed by atoms with Gasteiger partial charge in [0.1, 0.15) is 0 Å². The molecular weight excluding hydrogens is 424 g/mol. The van der Waals surface area contributed by atoms with Crippen LogP contribution in [0.15, 0.2) is 73.1 Å². The average Bonchev–Trinajstić information content (AvgIpc) is 3.34. The predicted octanol–water partition coefficient (Wildman–Crippen LogP) is 3.87. The van der Waals surface area contributed by atoms with Crippen molar-refractivity contribution in [3.05, 3.63) is 83.6 Å². The molecule has 168 valence electrons. The molecule has 1 amide bonds. The maximum absolute atomic E-state index is 12.9. The average molecular weight is 453 g/mol. The highest BCUT2D eigenvalue weighted by atomic mass is 35.5. The van der Waals surface area contributed by atoms with Gasteiger partial charge in [-0.1, -0.05) is 23.7 Å². The fourth-order valence-corrected chi connectivity index (χ4v) is 4.28. The van der Waals surface area contributed by atoms with E-state index < -0.39 is 0 Å². The van der Waals surface area contributed by atoms with Crippen LogP contribution >= 0.6 is 11.6 Å².